The van der Waals surface area contributed by atoms with Crippen molar-refractivity contribution in [1.82, 2.24) is 0 Å². The Balaban J connectivity index is 1.50. The third-order valence-electron chi connectivity index (χ3n) is 5.58. The number of carbonyl (C=O) groups excluding carboxylic acids is 1. The van der Waals surface area contributed by atoms with Crippen LogP contribution in [0, 0.1) is 13.8 Å². The van der Waals surface area contributed by atoms with Gasteiger partial charge >= 0.3 is 0 Å². The van der Waals surface area contributed by atoms with Crippen molar-refractivity contribution in [3.63, 3.8) is 0 Å². The fraction of sp³-hybridized carbons (Fsp3) is 0.435. The maximum absolute atomic E-state index is 12.5. The Hall–Kier alpha value is -2.57. The fourth-order valence-corrected chi connectivity index (χ4v) is 3.97. The lowest BCUT2D eigenvalue weighted by atomic mass is 10.1. The molecule has 6 heteroatoms. The van der Waals surface area contributed by atoms with Crippen LogP contribution in [0.5, 0.6) is 11.5 Å². The molecule has 156 valence electrons. The van der Waals surface area contributed by atoms with E-state index in [4.69, 9.17) is 9.47 Å². The number of rotatable bonds is 7. The van der Waals surface area contributed by atoms with Crippen molar-refractivity contribution >= 4 is 11.6 Å². The van der Waals surface area contributed by atoms with Gasteiger partial charge in [-0.25, -0.2) is 0 Å². The molecule has 1 fully saturated rings. The molecule has 2 aromatic carbocycles. The monoisotopic (exact) mass is 399 g/mol. The van der Waals surface area contributed by atoms with Gasteiger partial charge in [-0.3, -0.25) is 4.79 Å². The van der Waals surface area contributed by atoms with Gasteiger partial charge < -0.3 is 24.6 Å². The zero-order chi connectivity index (χ0) is 20.8. The highest BCUT2D eigenvalue weighted by atomic mass is 16.5. The molecule has 0 aliphatic carbocycles. The van der Waals surface area contributed by atoms with Crippen LogP contribution in [0.3, 0.4) is 0 Å². The molecule has 1 aliphatic heterocycles. The van der Waals surface area contributed by atoms with E-state index in [1.165, 1.54) is 16.0 Å². The average molecular weight is 400 g/mol. The second-order valence-electron chi connectivity index (χ2n) is 7.92. The molecule has 0 bridgehead atoms. The predicted octanol–water partition coefficient (Wildman–Crippen LogP) is 0.243. The first-order valence-corrected chi connectivity index (χ1v) is 10.2. The first-order valence-electron chi connectivity index (χ1n) is 10.2. The lowest BCUT2D eigenvalue weighted by Gasteiger charge is -2.29. The summed E-state index contributed by atoms with van der Waals surface area (Å²) in [5, 5.41) is 3.01. The van der Waals surface area contributed by atoms with Crippen LogP contribution in [0.15, 0.2) is 36.4 Å². The third kappa shape index (κ3) is 5.71. The zero-order valence-electron chi connectivity index (χ0n) is 17.9. The van der Waals surface area contributed by atoms with Crippen LogP contribution in [0.4, 0.5) is 5.69 Å². The maximum atomic E-state index is 12.5. The van der Waals surface area contributed by atoms with Gasteiger partial charge in [0, 0.05) is 5.56 Å². The molecule has 3 rings (SSSR count). The number of ether oxygens (including phenoxy) is 2. The van der Waals surface area contributed by atoms with Crippen LogP contribution in [-0.2, 0) is 11.3 Å². The number of quaternary nitrogens is 2. The maximum Gasteiger partial charge on any atom is 0.279 e. The van der Waals surface area contributed by atoms with E-state index in [9.17, 15) is 4.79 Å². The summed E-state index contributed by atoms with van der Waals surface area (Å²) in [5.41, 5.74) is 4.35. The summed E-state index contributed by atoms with van der Waals surface area (Å²) < 4.78 is 10.9. The smallest absolute Gasteiger partial charge is 0.279 e. The second-order valence-corrected chi connectivity index (χ2v) is 7.92. The SMILES string of the molecule is COc1ccc(C)cc1C[NH+]1CC[NH+](CC(=O)Nc2cc(C)ccc2OC)CC1. The van der Waals surface area contributed by atoms with Crippen molar-refractivity contribution in [2.24, 2.45) is 0 Å². The summed E-state index contributed by atoms with van der Waals surface area (Å²) in [4.78, 5) is 15.4. The number of anilines is 1. The van der Waals surface area contributed by atoms with E-state index in [1.54, 1.807) is 19.1 Å². The third-order valence-corrected chi connectivity index (χ3v) is 5.58. The Morgan fingerprint density at radius 2 is 1.48 bits per heavy atom. The molecule has 1 aliphatic rings. The van der Waals surface area contributed by atoms with Crippen LogP contribution in [0.2, 0.25) is 0 Å². The first kappa shape index (κ1) is 21.1. The lowest BCUT2D eigenvalue weighted by molar-refractivity contribution is -1.02. The van der Waals surface area contributed by atoms with Gasteiger partial charge in [-0.2, -0.15) is 0 Å². The topological polar surface area (TPSA) is 56.4 Å². The largest absolute Gasteiger partial charge is 0.496 e. The highest BCUT2D eigenvalue weighted by Gasteiger charge is 2.26. The summed E-state index contributed by atoms with van der Waals surface area (Å²) in [5.74, 6) is 1.69. The minimum atomic E-state index is 0.0349. The normalized spacial score (nSPS) is 18.9. The van der Waals surface area contributed by atoms with E-state index in [1.807, 2.05) is 25.1 Å². The number of hydrogen-bond acceptors (Lipinski definition) is 3. The molecule has 0 spiro atoms. The van der Waals surface area contributed by atoms with E-state index in [0.29, 0.717) is 12.3 Å². The minimum absolute atomic E-state index is 0.0349. The number of methoxy groups -OCH3 is 2. The van der Waals surface area contributed by atoms with Crippen LogP contribution in [0.25, 0.3) is 0 Å². The molecule has 0 aromatic heterocycles. The molecule has 3 N–H and O–H groups in total. The lowest BCUT2D eigenvalue weighted by Crippen LogP contribution is -3.28. The van der Waals surface area contributed by atoms with E-state index in [-0.39, 0.29) is 5.91 Å². The van der Waals surface area contributed by atoms with Crippen LogP contribution in [0.1, 0.15) is 16.7 Å². The van der Waals surface area contributed by atoms with Gasteiger partial charge in [0.15, 0.2) is 6.54 Å². The van der Waals surface area contributed by atoms with Crippen LogP contribution >= 0.6 is 0 Å². The quantitative estimate of drug-likeness (QED) is 0.625. The van der Waals surface area contributed by atoms with E-state index in [0.717, 1.165) is 49.7 Å². The minimum Gasteiger partial charge on any atom is -0.496 e. The number of hydrogen-bond donors (Lipinski definition) is 3. The number of carbonyl (C=O) groups is 1. The Kier molecular flexibility index (Phi) is 7.12. The molecule has 1 amide bonds. The van der Waals surface area contributed by atoms with Crippen molar-refractivity contribution in [3.8, 4) is 11.5 Å². The molecule has 6 nitrogen and oxygen atoms in total. The molecule has 0 unspecified atom stereocenters. The van der Waals surface area contributed by atoms with Crippen molar-refractivity contribution < 1.29 is 24.1 Å². The highest BCUT2D eigenvalue weighted by Crippen LogP contribution is 2.24. The first-order chi connectivity index (χ1) is 14.0. The highest BCUT2D eigenvalue weighted by molar-refractivity contribution is 5.93. The van der Waals surface area contributed by atoms with Gasteiger partial charge in [0.05, 0.1) is 19.9 Å². The summed E-state index contributed by atoms with van der Waals surface area (Å²) in [7, 11) is 3.35. The Morgan fingerprint density at radius 3 is 2.14 bits per heavy atom. The summed E-state index contributed by atoms with van der Waals surface area (Å²) >= 11 is 0. The zero-order valence-corrected chi connectivity index (χ0v) is 17.9. The van der Waals surface area contributed by atoms with Gasteiger partial charge in [-0.15, -0.1) is 0 Å². The average Bonchev–Trinajstić information content (AvgIpc) is 2.70. The standard InChI is InChI=1S/C23H31N3O3/c1-17-5-7-21(28-3)19(13-17)15-25-9-11-26(12-10-25)16-23(27)24-20-14-18(2)6-8-22(20)29-4/h5-8,13-14H,9-12,15-16H2,1-4H3,(H,24,27)/p+2. The Labute approximate surface area is 173 Å². The Morgan fingerprint density at radius 1 is 0.897 bits per heavy atom. The van der Waals surface area contributed by atoms with Gasteiger partial charge in [0.25, 0.3) is 5.91 Å². The molecule has 2 aromatic rings. The molecule has 1 saturated heterocycles. The molecule has 29 heavy (non-hydrogen) atoms. The van der Waals surface area contributed by atoms with Crippen molar-refractivity contribution in [1.29, 1.82) is 0 Å². The summed E-state index contributed by atoms with van der Waals surface area (Å²) in [6, 6.07) is 12.2. The number of piperazine rings is 1. The number of nitrogens with one attached hydrogen (secondary N) is 3. The number of amides is 1. The van der Waals surface area contributed by atoms with E-state index < -0.39 is 0 Å². The van der Waals surface area contributed by atoms with Crippen molar-refractivity contribution in [2.75, 3.05) is 52.3 Å². The fourth-order valence-electron chi connectivity index (χ4n) is 3.97. The number of aryl methyl sites for hydroxylation is 2. The number of benzene rings is 2. The van der Waals surface area contributed by atoms with Crippen LogP contribution in [-0.4, -0.2) is 52.9 Å². The Bertz CT molecular complexity index is 845. The van der Waals surface area contributed by atoms with Gasteiger partial charge in [-0.1, -0.05) is 17.7 Å². The van der Waals surface area contributed by atoms with Gasteiger partial charge in [-0.05, 0) is 43.7 Å². The molecular formula is C23H33N3O3+2. The molecule has 0 radical (unpaired) electrons. The molecule has 0 atom stereocenters. The van der Waals surface area contributed by atoms with Crippen molar-refractivity contribution in [2.45, 2.75) is 20.4 Å². The van der Waals surface area contributed by atoms with E-state index >= 15 is 0 Å². The summed E-state index contributed by atoms with van der Waals surface area (Å²) in [6.07, 6.45) is 0. The summed E-state index contributed by atoms with van der Waals surface area (Å²) in [6.45, 7) is 9.64. The second kappa shape index (κ2) is 9.76. The van der Waals surface area contributed by atoms with Crippen LogP contribution < -0.4 is 24.6 Å². The molecule has 1 heterocycles. The van der Waals surface area contributed by atoms with E-state index in [2.05, 4.69) is 30.4 Å². The van der Waals surface area contributed by atoms with Crippen molar-refractivity contribution in [3.05, 3.63) is 53.1 Å². The van der Waals surface area contributed by atoms with Gasteiger partial charge in [0.1, 0.15) is 44.2 Å². The van der Waals surface area contributed by atoms with Gasteiger partial charge in [0.2, 0.25) is 0 Å². The predicted molar refractivity (Wildman–Crippen MR) is 114 cm³/mol. The molecular weight excluding hydrogens is 366 g/mol. The molecule has 0 saturated carbocycles.